The Hall–Kier alpha value is -1.67. The summed E-state index contributed by atoms with van der Waals surface area (Å²) < 4.78 is 23.6. The van der Waals surface area contributed by atoms with Crippen molar-refractivity contribution in [3.05, 3.63) is 0 Å². The molecule has 0 spiro atoms. The first-order valence-electron chi connectivity index (χ1n) is 21.2. The Balaban J connectivity index is 1.78. The van der Waals surface area contributed by atoms with Crippen molar-refractivity contribution in [3.63, 3.8) is 0 Å². The van der Waals surface area contributed by atoms with Crippen LogP contribution in [0.2, 0.25) is 0 Å². The molecule has 292 valence electrons. The molecule has 0 saturated carbocycles. The van der Waals surface area contributed by atoms with Crippen LogP contribution in [0.4, 0.5) is 0 Å². The number of ether oxygens (including phenoxy) is 4. The average molecular weight is 708 g/mol. The average Bonchev–Trinajstić information content (AvgIpc) is 3.48. The van der Waals surface area contributed by atoms with Crippen LogP contribution in [0.15, 0.2) is 0 Å². The first-order chi connectivity index (χ1) is 24.3. The van der Waals surface area contributed by atoms with Crippen LogP contribution in [0.3, 0.4) is 0 Å². The van der Waals surface area contributed by atoms with E-state index in [2.05, 4.69) is 25.8 Å². The van der Waals surface area contributed by atoms with Gasteiger partial charge in [0.1, 0.15) is 12.7 Å². The van der Waals surface area contributed by atoms with Crippen LogP contribution < -0.4 is 0 Å². The SMILES string of the molecule is CCCCCCCCCCCCCC(=O)O[C@@H]1[C@@H](OC(=O)CCCCCCCCCCCCC)CO[C@@H]1COC(=O)C1(CC)CCN(C)CC1. The molecule has 2 fully saturated rings. The van der Waals surface area contributed by atoms with Gasteiger partial charge >= 0.3 is 17.9 Å². The van der Waals surface area contributed by atoms with E-state index in [-0.39, 0.29) is 31.1 Å². The zero-order chi connectivity index (χ0) is 36.3. The fraction of sp³-hybridized carbons (Fsp3) is 0.929. The summed E-state index contributed by atoms with van der Waals surface area (Å²) in [4.78, 5) is 41.4. The van der Waals surface area contributed by atoms with Gasteiger partial charge in [0.05, 0.1) is 12.0 Å². The number of hydrogen-bond donors (Lipinski definition) is 0. The fourth-order valence-electron chi connectivity index (χ4n) is 7.41. The minimum absolute atomic E-state index is 0.0144. The van der Waals surface area contributed by atoms with Gasteiger partial charge in [-0.05, 0) is 52.2 Å². The molecule has 2 saturated heterocycles. The molecule has 3 atom stereocenters. The monoisotopic (exact) mass is 708 g/mol. The van der Waals surface area contributed by atoms with E-state index in [1.807, 2.05) is 6.92 Å². The van der Waals surface area contributed by atoms with Crippen LogP contribution in [0.25, 0.3) is 0 Å². The summed E-state index contributed by atoms with van der Waals surface area (Å²) in [6.45, 7) is 8.38. The molecule has 2 aliphatic heterocycles. The van der Waals surface area contributed by atoms with Gasteiger partial charge in [0, 0.05) is 12.8 Å². The van der Waals surface area contributed by atoms with E-state index in [4.69, 9.17) is 18.9 Å². The maximum atomic E-state index is 13.3. The highest BCUT2D eigenvalue weighted by Crippen LogP contribution is 2.36. The Labute approximate surface area is 306 Å². The quantitative estimate of drug-likeness (QED) is 0.0414. The summed E-state index contributed by atoms with van der Waals surface area (Å²) in [6.07, 6.45) is 27.5. The number of carbonyl (C=O) groups is 3. The topological polar surface area (TPSA) is 91.4 Å². The summed E-state index contributed by atoms with van der Waals surface area (Å²) in [5, 5.41) is 0. The molecular weight excluding hydrogens is 630 g/mol. The number of nitrogens with zero attached hydrogens (tertiary/aromatic N) is 1. The lowest BCUT2D eigenvalue weighted by atomic mass is 9.76. The van der Waals surface area contributed by atoms with Crippen molar-refractivity contribution in [2.45, 2.75) is 212 Å². The van der Waals surface area contributed by atoms with Crippen LogP contribution in [0.1, 0.15) is 194 Å². The van der Waals surface area contributed by atoms with Crippen molar-refractivity contribution >= 4 is 17.9 Å². The van der Waals surface area contributed by atoms with Crippen molar-refractivity contribution in [2.24, 2.45) is 5.41 Å². The molecule has 0 aromatic carbocycles. The van der Waals surface area contributed by atoms with E-state index in [9.17, 15) is 14.4 Å². The Morgan fingerprint density at radius 1 is 0.620 bits per heavy atom. The van der Waals surface area contributed by atoms with Crippen molar-refractivity contribution in [1.82, 2.24) is 4.90 Å². The summed E-state index contributed by atoms with van der Waals surface area (Å²) >= 11 is 0. The molecule has 2 heterocycles. The predicted molar refractivity (Wildman–Crippen MR) is 202 cm³/mol. The fourth-order valence-corrected chi connectivity index (χ4v) is 7.41. The second kappa shape index (κ2) is 27.9. The Morgan fingerprint density at radius 2 is 1.04 bits per heavy atom. The summed E-state index contributed by atoms with van der Waals surface area (Å²) in [7, 11) is 2.07. The third-order valence-corrected chi connectivity index (χ3v) is 11.2. The highest BCUT2D eigenvalue weighted by atomic mass is 16.6. The number of esters is 3. The van der Waals surface area contributed by atoms with Gasteiger partial charge in [-0.2, -0.15) is 0 Å². The normalized spacial score (nSPS) is 20.5. The third kappa shape index (κ3) is 18.7. The lowest BCUT2D eigenvalue weighted by Gasteiger charge is -2.38. The van der Waals surface area contributed by atoms with E-state index >= 15 is 0 Å². The number of carbonyl (C=O) groups excluding carboxylic acids is 3. The number of piperidine rings is 1. The lowest BCUT2D eigenvalue weighted by molar-refractivity contribution is -0.171. The molecule has 0 bridgehead atoms. The molecule has 0 aromatic heterocycles. The number of unbranched alkanes of at least 4 members (excludes halogenated alkanes) is 20. The predicted octanol–water partition coefficient (Wildman–Crippen LogP) is 10.3. The standard InChI is InChI=1S/C42H77NO7/c1-5-8-10-12-14-16-18-20-22-24-26-28-38(44)49-37-35-47-36(34-48-41(46)42(7-3)30-32-43(4)33-31-42)40(37)50-39(45)29-27-25-23-21-19-17-15-13-11-9-6-2/h36-37,40H,5-35H2,1-4H3/t36-,37+,40+/m1/s1. The largest absolute Gasteiger partial charge is 0.462 e. The highest BCUT2D eigenvalue weighted by molar-refractivity contribution is 5.77. The first-order valence-corrected chi connectivity index (χ1v) is 21.2. The zero-order valence-electron chi connectivity index (χ0n) is 33.0. The van der Waals surface area contributed by atoms with Gasteiger partial charge in [-0.1, -0.05) is 149 Å². The molecule has 0 aliphatic carbocycles. The maximum Gasteiger partial charge on any atom is 0.312 e. The van der Waals surface area contributed by atoms with Crippen LogP contribution in [-0.4, -0.2) is 74.5 Å². The summed E-state index contributed by atoms with van der Waals surface area (Å²) in [6, 6.07) is 0. The zero-order valence-corrected chi connectivity index (χ0v) is 33.0. The van der Waals surface area contributed by atoms with E-state index in [1.54, 1.807) is 0 Å². The molecule has 8 heteroatoms. The molecule has 0 unspecified atom stereocenters. The van der Waals surface area contributed by atoms with E-state index in [0.717, 1.165) is 70.9 Å². The summed E-state index contributed by atoms with van der Waals surface area (Å²) in [5.74, 6) is -0.797. The first kappa shape index (κ1) is 44.5. The van der Waals surface area contributed by atoms with E-state index in [0.29, 0.717) is 12.8 Å². The second-order valence-corrected chi connectivity index (χ2v) is 15.5. The van der Waals surface area contributed by atoms with Crippen LogP contribution in [0.5, 0.6) is 0 Å². The molecule has 8 nitrogen and oxygen atoms in total. The molecule has 2 rings (SSSR count). The van der Waals surface area contributed by atoms with Crippen molar-refractivity contribution in [3.8, 4) is 0 Å². The van der Waals surface area contributed by atoms with Gasteiger partial charge in [-0.25, -0.2) is 0 Å². The minimum atomic E-state index is -0.778. The van der Waals surface area contributed by atoms with Crippen molar-refractivity contribution in [1.29, 1.82) is 0 Å². The molecule has 2 aliphatic rings. The Morgan fingerprint density at radius 3 is 1.48 bits per heavy atom. The van der Waals surface area contributed by atoms with Gasteiger partial charge in [-0.15, -0.1) is 0 Å². The smallest absolute Gasteiger partial charge is 0.312 e. The van der Waals surface area contributed by atoms with Crippen LogP contribution in [-0.2, 0) is 33.3 Å². The van der Waals surface area contributed by atoms with Gasteiger partial charge < -0.3 is 23.8 Å². The third-order valence-electron chi connectivity index (χ3n) is 11.2. The molecule has 0 aromatic rings. The summed E-state index contributed by atoms with van der Waals surface area (Å²) in [5.41, 5.74) is -0.493. The Kier molecular flexibility index (Phi) is 24.8. The maximum absolute atomic E-state index is 13.3. The molecular formula is C42H77NO7. The van der Waals surface area contributed by atoms with Crippen LogP contribution >= 0.6 is 0 Å². The van der Waals surface area contributed by atoms with Gasteiger partial charge in [-0.3, -0.25) is 14.4 Å². The minimum Gasteiger partial charge on any atom is -0.462 e. The number of rotatable bonds is 30. The number of likely N-dealkylation sites (tertiary alicyclic amines) is 1. The van der Waals surface area contributed by atoms with Crippen molar-refractivity contribution in [2.75, 3.05) is 33.4 Å². The lowest BCUT2D eigenvalue weighted by Crippen LogP contribution is -2.45. The van der Waals surface area contributed by atoms with Gasteiger partial charge in [0.2, 0.25) is 0 Å². The van der Waals surface area contributed by atoms with E-state index < -0.39 is 23.7 Å². The second-order valence-electron chi connectivity index (χ2n) is 15.5. The molecule has 0 radical (unpaired) electrons. The van der Waals surface area contributed by atoms with Gasteiger partial charge in [0.25, 0.3) is 0 Å². The van der Waals surface area contributed by atoms with Crippen molar-refractivity contribution < 1.29 is 33.3 Å². The Bertz CT molecular complexity index is 887. The molecule has 50 heavy (non-hydrogen) atoms. The number of hydrogen-bond acceptors (Lipinski definition) is 8. The van der Waals surface area contributed by atoms with E-state index in [1.165, 1.54) is 103 Å². The van der Waals surface area contributed by atoms with Gasteiger partial charge in [0.15, 0.2) is 12.2 Å². The molecule has 0 amide bonds. The molecule has 0 N–H and O–H groups in total. The van der Waals surface area contributed by atoms with Crippen LogP contribution in [0, 0.1) is 5.41 Å². The highest BCUT2D eigenvalue weighted by Gasteiger charge is 2.45.